The van der Waals surface area contributed by atoms with Gasteiger partial charge in [0.1, 0.15) is 0 Å². The Morgan fingerprint density at radius 3 is 2.54 bits per heavy atom. The van der Waals surface area contributed by atoms with E-state index in [1.54, 1.807) is 0 Å². The van der Waals surface area contributed by atoms with Crippen molar-refractivity contribution in [1.29, 1.82) is 0 Å². The van der Waals surface area contributed by atoms with Gasteiger partial charge in [-0.15, -0.1) is 0 Å². The Morgan fingerprint density at radius 2 is 2.00 bits per heavy atom. The van der Waals surface area contributed by atoms with E-state index in [4.69, 9.17) is 0 Å². The van der Waals surface area contributed by atoms with Crippen molar-refractivity contribution < 1.29 is 0 Å². The summed E-state index contributed by atoms with van der Waals surface area (Å²) < 4.78 is 0. The number of benzene rings is 1. The largest absolute Gasteiger partial charge is 0.0921 e. The first kappa shape index (κ1) is 10.8. The summed E-state index contributed by atoms with van der Waals surface area (Å²) in [6.45, 7) is 4.44. The zero-order chi connectivity index (χ0) is 9.68. The van der Waals surface area contributed by atoms with Crippen LogP contribution >= 0.6 is 15.9 Å². The van der Waals surface area contributed by atoms with Crippen molar-refractivity contribution >= 4 is 15.9 Å². The lowest BCUT2D eigenvalue weighted by molar-refractivity contribution is 0.673. The molecule has 0 N–H and O–H groups in total. The van der Waals surface area contributed by atoms with Crippen molar-refractivity contribution in [2.45, 2.75) is 32.6 Å². The highest BCUT2D eigenvalue weighted by Gasteiger charge is 2.10. The van der Waals surface area contributed by atoms with Crippen molar-refractivity contribution in [2.24, 2.45) is 0 Å². The second-order valence-corrected chi connectivity index (χ2v) is 4.14. The van der Waals surface area contributed by atoms with E-state index in [9.17, 15) is 0 Å². The molecule has 1 aromatic carbocycles. The molecule has 0 heterocycles. The first-order valence-electron chi connectivity index (χ1n) is 4.91. The van der Waals surface area contributed by atoms with E-state index in [1.807, 2.05) is 0 Å². The van der Waals surface area contributed by atoms with E-state index < -0.39 is 0 Å². The maximum Gasteiger partial charge on any atom is 0.0100 e. The third-order valence-corrected chi connectivity index (χ3v) is 3.23. The maximum absolute atomic E-state index is 3.59. The molecule has 0 radical (unpaired) electrons. The number of hydrogen-bond donors (Lipinski definition) is 0. The van der Waals surface area contributed by atoms with Crippen LogP contribution < -0.4 is 0 Å². The molecule has 0 aromatic heterocycles. The summed E-state index contributed by atoms with van der Waals surface area (Å²) in [6, 6.07) is 8.68. The summed E-state index contributed by atoms with van der Waals surface area (Å²) in [5, 5.41) is 1.08. The fraction of sp³-hybridized carbons (Fsp3) is 0.500. The molecule has 0 fully saturated rings. The topological polar surface area (TPSA) is 0 Å². The molecule has 72 valence electrons. The van der Waals surface area contributed by atoms with Gasteiger partial charge in [0.25, 0.3) is 0 Å². The van der Waals surface area contributed by atoms with Crippen LogP contribution in [-0.2, 0) is 0 Å². The highest BCUT2D eigenvalue weighted by molar-refractivity contribution is 9.09. The Labute approximate surface area is 89.5 Å². The molecular weight excluding hydrogens is 224 g/mol. The van der Waals surface area contributed by atoms with Gasteiger partial charge >= 0.3 is 0 Å². The number of rotatable bonds is 4. The van der Waals surface area contributed by atoms with Crippen molar-refractivity contribution in [3.8, 4) is 0 Å². The first-order valence-corrected chi connectivity index (χ1v) is 6.03. The summed E-state index contributed by atoms with van der Waals surface area (Å²) in [5.41, 5.74) is 2.92. The Kier molecular flexibility index (Phi) is 4.51. The molecule has 1 unspecified atom stereocenters. The molecule has 0 aliphatic carbocycles. The lowest BCUT2D eigenvalue weighted by atomic mass is 9.93. The van der Waals surface area contributed by atoms with E-state index in [0.29, 0.717) is 5.92 Å². The van der Waals surface area contributed by atoms with E-state index in [-0.39, 0.29) is 0 Å². The van der Waals surface area contributed by atoms with Crippen LogP contribution in [0.4, 0.5) is 0 Å². The predicted molar refractivity (Wildman–Crippen MR) is 62.6 cm³/mol. The molecule has 0 amide bonds. The van der Waals surface area contributed by atoms with Crippen LogP contribution in [0.2, 0.25) is 0 Å². The average molecular weight is 241 g/mol. The van der Waals surface area contributed by atoms with Crippen LogP contribution in [-0.4, -0.2) is 5.33 Å². The Morgan fingerprint density at radius 1 is 1.31 bits per heavy atom. The van der Waals surface area contributed by atoms with Crippen molar-refractivity contribution in [3.05, 3.63) is 35.4 Å². The van der Waals surface area contributed by atoms with E-state index >= 15 is 0 Å². The first-order chi connectivity index (χ1) is 6.29. The fourth-order valence-corrected chi connectivity index (χ4v) is 2.38. The zero-order valence-corrected chi connectivity index (χ0v) is 9.97. The predicted octanol–water partition coefficient (Wildman–Crippen LogP) is 4.27. The Hall–Kier alpha value is -0.300. The van der Waals surface area contributed by atoms with Gasteiger partial charge in [-0.1, -0.05) is 53.5 Å². The van der Waals surface area contributed by atoms with Gasteiger partial charge in [0.2, 0.25) is 0 Å². The van der Waals surface area contributed by atoms with E-state index in [1.165, 1.54) is 24.0 Å². The lowest BCUT2D eigenvalue weighted by Crippen LogP contribution is -2.01. The van der Waals surface area contributed by atoms with Gasteiger partial charge in [-0.25, -0.2) is 0 Å². The highest BCUT2D eigenvalue weighted by atomic mass is 79.9. The molecule has 1 rings (SSSR count). The molecule has 1 heteroatoms. The molecule has 13 heavy (non-hydrogen) atoms. The average Bonchev–Trinajstić information content (AvgIpc) is 2.16. The molecule has 0 aliphatic rings. The summed E-state index contributed by atoms with van der Waals surface area (Å²) in [7, 11) is 0. The van der Waals surface area contributed by atoms with Gasteiger partial charge in [0, 0.05) is 5.33 Å². The van der Waals surface area contributed by atoms with Crippen LogP contribution in [0.5, 0.6) is 0 Å². The fourth-order valence-electron chi connectivity index (χ4n) is 1.71. The summed E-state index contributed by atoms with van der Waals surface area (Å²) >= 11 is 3.59. The summed E-state index contributed by atoms with van der Waals surface area (Å²) in [6.07, 6.45) is 2.53. The van der Waals surface area contributed by atoms with Gasteiger partial charge in [0.05, 0.1) is 0 Å². The van der Waals surface area contributed by atoms with Crippen molar-refractivity contribution in [2.75, 3.05) is 5.33 Å². The molecule has 0 bridgehead atoms. The number of aryl methyl sites for hydroxylation is 1. The van der Waals surface area contributed by atoms with Crippen LogP contribution in [0.3, 0.4) is 0 Å². The lowest BCUT2D eigenvalue weighted by Gasteiger charge is -2.15. The van der Waals surface area contributed by atoms with E-state index in [0.717, 1.165) is 5.33 Å². The quantitative estimate of drug-likeness (QED) is 0.690. The van der Waals surface area contributed by atoms with E-state index in [2.05, 4.69) is 54.0 Å². The third kappa shape index (κ3) is 2.84. The van der Waals surface area contributed by atoms with Gasteiger partial charge in [-0.2, -0.15) is 0 Å². The minimum atomic E-state index is 0.686. The highest BCUT2D eigenvalue weighted by Crippen LogP contribution is 2.25. The van der Waals surface area contributed by atoms with Crippen molar-refractivity contribution in [3.63, 3.8) is 0 Å². The van der Waals surface area contributed by atoms with Crippen molar-refractivity contribution in [1.82, 2.24) is 0 Å². The number of alkyl halides is 1. The monoisotopic (exact) mass is 240 g/mol. The maximum atomic E-state index is 3.59. The standard InChI is InChI=1S/C12H17Br/c1-3-6-11(9-13)12-8-5-4-7-10(12)2/h4-5,7-8,11H,3,6,9H2,1-2H3. The molecule has 1 aromatic rings. The van der Waals surface area contributed by atoms with Crippen LogP contribution in [0.25, 0.3) is 0 Å². The van der Waals surface area contributed by atoms with Crippen LogP contribution in [0, 0.1) is 6.92 Å². The molecule has 0 saturated carbocycles. The molecule has 0 aliphatic heterocycles. The Bertz CT molecular complexity index is 255. The van der Waals surface area contributed by atoms with Crippen LogP contribution in [0.15, 0.2) is 24.3 Å². The zero-order valence-electron chi connectivity index (χ0n) is 8.39. The van der Waals surface area contributed by atoms with Gasteiger partial charge in [0.15, 0.2) is 0 Å². The summed E-state index contributed by atoms with van der Waals surface area (Å²) in [5.74, 6) is 0.686. The number of hydrogen-bond acceptors (Lipinski definition) is 0. The minimum absolute atomic E-state index is 0.686. The third-order valence-electron chi connectivity index (χ3n) is 2.45. The second-order valence-electron chi connectivity index (χ2n) is 3.50. The van der Waals surface area contributed by atoms with Gasteiger partial charge in [-0.3, -0.25) is 0 Å². The SMILES string of the molecule is CCCC(CBr)c1ccccc1C. The molecule has 0 saturated heterocycles. The Balaban J connectivity index is 2.84. The second kappa shape index (κ2) is 5.43. The molecule has 0 nitrogen and oxygen atoms in total. The molecule has 0 spiro atoms. The van der Waals surface area contributed by atoms with Crippen LogP contribution in [0.1, 0.15) is 36.8 Å². The molecule has 1 atom stereocenters. The van der Waals surface area contributed by atoms with Gasteiger partial charge < -0.3 is 0 Å². The smallest absolute Gasteiger partial charge is 0.0100 e. The molecular formula is C12H17Br. The normalized spacial score (nSPS) is 12.8. The number of halogens is 1. The summed E-state index contributed by atoms with van der Waals surface area (Å²) in [4.78, 5) is 0. The minimum Gasteiger partial charge on any atom is -0.0921 e. The van der Waals surface area contributed by atoms with Gasteiger partial charge in [-0.05, 0) is 30.4 Å².